The number of ether oxygens (including phenoxy) is 2. The third kappa shape index (κ3) is 2.82. The Morgan fingerprint density at radius 2 is 2.05 bits per heavy atom. The Morgan fingerprint density at radius 3 is 2.71 bits per heavy atom. The van der Waals surface area contributed by atoms with Gasteiger partial charge in [-0.1, -0.05) is 26.8 Å². The van der Waals surface area contributed by atoms with Crippen molar-refractivity contribution in [3.8, 4) is 5.75 Å². The fourth-order valence-electron chi connectivity index (χ4n) is 2.76. The number of rotatable bonds is 2. The molecule has 0 saturated heterocycles. The molecule has 0 N–H and O–H groups in total. The lowest BCUT2D eigenvalue weighted by Crippen LogP contribution is -2.25. The number of nitrogens with zero attached hydrogens (tertiary/aromatic N) is 1. The summed E-state index contributed by atoms with van der Waals surface area (Å²) < 4.78 is 11.1. The minimum absolute atomic E-state index is 0.155. The first-order valence-corrected chi connectivity index (χ1v) is 7.56. The van der Waals surface area contributed by atoms with E-state index in [1.807, 2.05) is 6.07 Å². The van der Waals surface area contributed by atoms with Crippen LogP contribution in [0.25, 0.3) is 6.08 Å². The largest absolute Gasteiger partial charge is 0.497 e. The molecular formula is C18H23NO2. The molecule has 3 rings (SSSR count). The van der Waals surface area contributed by atoms with Gasteiger partial charge in [0.15, 0.2) is 0 Å². The van der Waals surface area contributed by atoms with Crippen molar-refractivity contribution in [3.63, 3.8) is 0 Å². The lowest BCUT2D eigenvalue weighted by atomic mass is 9.88. The fraction of sp³-hybridized carbons (Fsp3) is 0.500. The number of benzene rings is 1. The molecule has 1 aliphatic heterocycles. The average molecular weight is 285 g/mol. The summed E-state index contributed by atoms with van der Waals surface area (Å²) in [4.78, 5) is 4.79. The number of hydrogen-bond donors (Lipinski definition) is 0. The van der Waals surface area contributed by atoms with Gasteiger partial charge in [0, 0.05) is 5.57 Å². The van der Waals surface area contributed by atoms with Crippen molar-refractivity contribution in [2.75, 3.05) is 13.7 Å². The zero-order valence-corrected chi connectivity index (χ0v) is 13.3. The number of hydrogen-bond acceptors (Lipinski definition) is 3. The molecule has 3 nitrogen and oxygen atoms in total. The number of aryl methyl sites for hydroxylation is 1. The van der Waals surface area contributed by atoms with Gasteiger partial charge in [0.25, 0.3) is 0 Å². The molecule has 1 heterocycles. The molecule has 1 atom stereocenters. The van der Waals surface area contributed by atoms with Gasteiger partial charge in [-0.3, -0.25) is 0 Å². The Labute approximate surface area is 126 Å². The smallest absolute Gasteiger partial charge is 0.212 e. The van der Waals surface area contributed by atoms with Gasteiger partial charge in [-0.25, -0.2) is 4.99 Å². The van der Waals surface area contributed by atoms with E-state index in [-0.39, 0.29) is 11.5 Å². The summed E-state index contributed by atoms with van der Waals surface area (Å²) in [6, 6.07) is 6.50. The maximum atomic E-state index is 5.85. The molecule has 0 amide bonds. The van der Waals surface area contributed by atoms with Gasteiger partial charge in [-0.2, -0.15) is 0 Å². The maximum absolute atomic E-state index is 5.85. The number of aliphatic imine (C=N–C) groups is 1. The highest BCUT2D eigenvalue weighted by molar-refractivity contribution is 5.99. The van der Waals surface area contributed by atoms with Crippen LogP contribution in [0.15, 0.2) is 28.8 Å². The predicted octanol–water partition coefficient (Wildman–Crippen LogP) is 3.87. The van der Waals surface area contributed by atoms with Crippen LogP contribution in [0.5, 0.6) is 5.75 Å². The lowest BCUT2D eigenvalue weighted by molar-refractivity contribution is 0.235. The van der Waals surface area contributed by atoms with E-state index in [4.69, 9.17) is 14.5 Å². The van der Waals surface area contributed by atoms with Crippen molar-refractivity contribution in [1.29, 1.82) is 0 Å². The van der Waals surface area contributed by atoms with Crippen LogP contribution in [0.3, 0.4) is 0 Å². The maximum Gasteiger partial charge on any atom is 0.212 e. The van der Waals surface area contributed by atoms with Crippen LogP contribution in [-0.4, -0.2) is 25.7 Å². The van der Waals surface area contributed by atoms with Crippen molar-refractivity contribution in [2.45, 2.75) is 39.7 Å². The minimum Gasteiger partial charge on any atom is -0.497 e. The molecule has 1 aromatic carbocycles. The van der Waals surface area contributed by atoms with E-state index >= 15 is 0 Å². The first-order valence-electron chi connectivity index (χ1n) is 7.56. The third-order valence-corrected chi connectivity index (χ3v) is 4.27. The molecule has 0 aromatic heterocycles. The molecule has 0 fully saturated rings. The van der Waals surface area contributed by atoms with Gasteiger partial charge in [-0.15, -0.1) is 0 Å². The van der Waals surface area contributed by atoms with Crippen molar-refractivity contribution < 1.29 is 9.47 Å². The fourth-order valence-corrected chi connectivity index (χ4v) is 2.76. The summed E-state index contributed by atoms with van der Waals surface area (Å²) in [6.45, 7) is 7.34. The highest BCUT2D eigenvalue weighted by Crippen LogP contribution is 2.32. The average Bonchev–Trinajstić information content (AvgIpc) is 2.96. The number of methoxy groups -OCH3 is 1. The van der Waals surface area contributed by atoms with Crippen LogP contribution in [0.1, 0.15) is 38.3 Å². The van der Waals surface area contributed by atoms with E-state index in [9.17, 15) is 0 Å². The van der Waals surface area contributed by atoms with Gasteiger partial charge in [0.2, 0.25) is 5.90 Å². The predicted molar refractivity (Wildman–Crippen MR) is 85.9 cm³/mol. The SMILES string of the molecule is COc1ccc2c(c1)CCC(C1=N[C@@H](C(C)(C)C)CO1)=C2. The highest BCUT2D eigenvalue weighted by Gasteiger charge is 2.31. The molecule has 0 radical (unpaired) electrons. The second kappa shape index (κ2) is 5.21. The zero-order chi connectivity index (χ0) is 15.0. The van der Waals surface area contributed by atoms with Gasteiger partial charge < -0.3 is 9.47 Å². The molecule has 0 spiro atoms. The van der Waals surface area contributed by atoms with Crippen LogP contribution >= 0.6 is 0 Å². The summed E-state index contributed by atoms with van der Waals surface area (Å²) in [5, 5.41) is 0. The molecular weight excluding hydrogens is 262 g/mol. The molecule has 0 unspecified atom stereocenters. The van der Waals surface area contributed by atoms with Gasteiger partial charge in [0.05, 0.1) is 13.2 Å². The van der Waals surface area contributed by atoms with Crippen molar-refractivity contribution >= 4 is 12.0 Å². The van der Waals surface area contributed by atoms with Crippen molar-refractivity contribution in [1.82, 2.24) is 0 Å². The van der Waals surface area contributed by atoms with Crippen molar-refractivity contribution in [2.24, 2.45) is 10.4 Å². The number of fused-ring (bicyclic) bond motifs is 1. The Hall–Kier alpha value is -1.77. The molecule has 21 heavy (non-hydrogen) atoms. The normalized spacial score (nSPS) is 21.2. The summed E-state index contributed by atoms with van der Waals surface area (Å²) in [6.07, 6.45) is 4.21. The molecule has 0 bridgehead atoms. The standard InChI is InChI=1S/C18H23NO2/c1-18(2,3)16-11-21-17(19-16)14-6-5-13-10-15(20-4)8-7-12(13)9-14/h7-10,16H,5-6,11H2,1-4H3/t16-/m1/s1. The topological polar surface area (TPSA) is 30.8 Å². The summed E-state index contributed by atoms with van der Waals surface area (Å²) in [5.74, 6) is 1.77. The molecule has 1 aliphatic carbocycles. The van der Waals surface area contributed by atoms with Crippen molar-refractivity contribution in [3.05, 3.63) is 34.9 Å². The molecule has 1 aromatic rings. The third-order valence-electron chi connectivity index (χ3n) is 4.27. The second-order valence-electron chi connectivity index (χ2n) is 6.86. The lowest BCUT2D eigenvalue weighted by Gasteiger charge is -2.21. The molecule has 0 saturated carbocycles. The molecule has 3 heteroatoms. The minimum atomic E-state index is 0.155. The van der Waals surface area contributed by atoms with E-state index in [1.165, 1.54) is 16.7 Å². The van der Waals surface area contributed by atoms with E-state index in [1.54, 1.807) is 7.11 Å². The molecule has 2 aliphatic rings. The van der Waals surface area contributed by atoms with Gasteiger partial charge in [-0.05, 0) is 47.6 Å². The van der Waals surface area contributed by atoms with Crippen LogP contribution in [0.2, 0.25) is 0 Å². The quantitative estimate of drug-likeness (QED) is 0.826. The Bertz CT molecular complexity index is 608. The second-order valence-corrected chi connectivity index (χ2v) is 6.86. The van der Waals surface area contributed by atoms with E-state index in [0.717, 1.165) is 24.5 Å². The summed E-state index contributed by atoms with van der Waals surface area (Å²) in [7, 11) is 1.71. The Balaban J connectivity index is 1.86. The van der Waals surface area contributed by atoms with E-state index in [2.05, 4.69) is 39.0 Å². The Kier molecular flexibility index (Phi) is 3.52. The Morgan fingerprint density at radius 1 is 1.24 bits per heavy atom. The van der Waals surface area contributed by atoms with E-state index in [0.29, 0.717) is 6.61 Å². The first-order chi connectivity index (χ1) is 9.97. The summed E-state index contributed by atoms with van der Waals surface area (Å²) in [5.41, 5.74) is 3.97. The van der Waals surface area contributed by atoms with Gasteiger partial charge in [0.1, 0.15) is 12.4 Å². The summed E-state index contributed by atoms with van der Waals surface area (Å²) >= 11 is 0. The first kappa shape index (κ1) is 14.2. The zero-order valence-electron chi connectivity index (χ0n) is 13.3. The van der Waals surface area contributed by atoms with Gasteiger partial charge >= 0.3 is 0 Å². The van der Waals surface area contributed by atoms with Crippen LogP contribution in [0, 0.1) is 5.41 Å². The van der Waals surface area contributed by atoms with Crippen LogP contribution in [-0.2, 0) is 11.2 Å². The monoisotopic (exact) mass is 285 g/mol. The molecule has 112 valence electrons. The van der Waals surface area contributed by atoms with E-state index < -0.39 is 0 Å². The van der Waals surface area contributed by atoms with Crippen LogP contribution < -0.4 is 4.74 Å². The highest BCUT2D eigenvalue weighted by atomic mass is 16.5. The van der Waals surface area contributed by atoms with Crippen LogP contribution in [0.4, 0.5) is 0 Å².